The van der Waals surface area contributed by atoms with Crippen LogP contribution in [0.5, 0.6) is 0 Å². The summed E-state index contributed by atoms with van der Waals surface area (Å²) < 4.78 is 0. The van der Waals surface area contributed by atoms with Crippen LogP contribution >= 0.6 is 0 Å². The van der Waals surface area contributed by atoms with E-state index in [1.54, 1.807) is 0 Å². The average molecular weight is 269 g/mol. The standard InChI is InChI=1S/C14H15N5O/c1-3-9-6-10(5-4-8(9)2)16-14-17-12-11(7-15-19-12)13(20)18-14/h4-7H,3H2,1-2H3,(H3,15,16,17,18,19,20). The van der Waals surface area contributed by atoms with Crippen molar-refractivity contribution in [2.75, 3.05) is 5.32 Å². The Morgan fingerprint density at radius 1 is 1.35 bits per heavy atom. The van der Waals surface area contributed by atoms with Gasteiger partial charge in [-0.3, -0.25) is 14.9 Å². The van der Waals surface area contributed by atoms with Gasteiger partial charge in [0.1, 0.15) is 5.39 Å². The summed E-state index contributed by atoms with van der Waals surface area (Å²) in [5.41, 5.74) is 3.67. The normalized spacial score (nSPS) is 10.9. The molecule has 3 aromatic rings. The Morgan fingerprint density at radius 2 is 2.20 bits per heavy atom. The maximum absolute atomic E-state index is 11.8. The van der Waals surface area contributed by atoms with Crippen molar-refractivity contribution < 1.29 is 0 Å². The lowest BCUT2D eigenvalue weighted by Gasteiger charge is -2.09. The maximum atomic E-state index is 11.8. The fourth-order valence-corrected chi connectivity index (χ4v) is 2.17. The lowest BCUT2D eigenvalue weighted by atomic mass is 10.1. The molecule has 0 fully saturated rings. The van der Waals surface area contributed by atoms with Crippen LogP contribution in [0.2, 0.25) is 0 Å². The Hall–Kier alpha value is -2.63. The highest BCUT2D eigenvalue weighted by Crippen LogP contribution is 2.18. The molecular formula is C14H15N5O. The first-order valence-corrected chi connectivity index (χ1v) is 6.47. The summed E-state index contributed by atoms with van der Waals surface area (Å²) in [5, 5.41) is 10.1. The van der Waals surface area contributed by atoms with Crippen molar-refractivity contribution in [3.05, 3.63) is 45.9 Å². The van der Waals surface area contributed by atoms with Crippen molar-refractivity contribution in [2.45, 2.75) is 20.3 Å². The minimum absolute atomic E-state index is 0.214. The zero-order valence-corrected chi connectivity index (χ0v) is 11.3. The molecular weight excluding hydrogens is 254 g/mol. The number of rotatable bonds is 3. The van der Waals surface area contributed by atoms with Gasteiger partial charge in [-0.1, -0.05) is 13.0 Å². The summed E-state index contributed by atoms with van der Waals surface area (Å²) in [5.74, 6) is 0.401. The molecule has 0 atom stereocenters. The van der Waals surface area contributed by atoms with Crippen LogP contribution in [0.1, 0.15) is 18.1 Å². The van der Waals surface area contributed by atoms with E-state index >= 15 is 0 Å². The molecule has 0 spiro atoms. The van der Waals surface area contributed by atoms with E-state index in [0.717, 1.165) is 12.1 Å². The second-order valence-electron chi connectivity index (χ2n) is 4.67. The number of fused-ring (bicyclic) bond motifs is 1. The highest BCUT2D eigenvalue weighted by Gasteiger charge is 2.06. The van der Waals surface area contributed by atoms with E-state index in [1.807, 2.05) is 12.1 Å². The number of nitrogens with one attached hydrogen (secondary N) is 3. The Labute approximate surface area is 115 Å². The number of nitrogens with zero attached hydrogens (tertiary/aromatic N) is 2. The smallest absolute Gasteiger partial charge is 0.263 e. The van der Waals surface area contributed by atoms with Crippen LogP contribution in [0.25, 0.3) is 11.0 Å². The van der Waals surface area contributed by atoms with Gasteiger partial charge in [-0.2, -0.15) is 10.1 Å². The number of hydrogen-bond donors (Lipinski definition) is 3. The number of H-pyrrole nitrogens is 2. The summed E-state index contributed by atoms with van der Waals surface area (Å²) >= 11 is 0. The van der Waals surface area contributed by atoms with E-state index in [0.29, 0.717) is 17.0 Å². The van der Waals surface area contributed by atoms with Gasteiger partial charge >= 0.3 is 0 Å². The van der Waals surface area contributed by atoms with Crippen LogP contribution in [0.15, 0.2) is 29.2 Å². The SMILES string of the molecule is CCc1cc(Nc2nc3[nH]ncc3c(=O)[nH]2)ccc1C. The third kappa shape index (κ3) is 2.16. The third-order valence-corrected chi connectivity index (χ3v) is 3.31. The molecule has 2 aromatic heterocycles. The van der Waals surface area contributed by atoms with Crippen LogP contribution in [-0.2, 0) is 6.42 Å². The first-order valence-electron chi connectivity index (χ1n) is 6.47. The van der Waals surface area contributed by atoms with Crippen molar-refractivity contribution in [3.8, 4) is 0 Å². The number of benzene rings is 1. The Morgan fingerprint density at radius 3 is 3.00 bits per heavy atom. The molecule has 0 radical (unpaired) electrons. The van der Waals surface area contributed by atoms with Gasteiger partial charge in [0.2, 0.25) is 5.95 Å². The van der Waals surface area contributed by atoms with E-state index in [2.05, 4.69) is 45.4 Å². The molecule has 0 saturated heterocycles. The van der Waals surface area contributed by atoms with Crippen LogP contribution in [0.4, 0.5) is 11.6 Å². The summed E-state index contributed by atoms with van der Waals surface area (Å²) in [7, 11) is 0. The monoisotopic (exact) mass is 269 g/mol. The number of aryl methyl sites for hydroxylation is 2. The fourth-order valence-electron chi connectivity index (χ4n) is 2.17. The molecule has 0 saturated carbocycles. The highest BCUT2D eigenvalue weighted by atomic mass is 16.1. The first-order chi connectivity index (χ1) is 9.67. The lowest BCUT2D eigenvalue weighted by molar-refractivity contribution is 1.08. The van der Waals surface area contributed by atoms with Crippen molar-refractivity contribution >= 4 is 22.7 Å². The molecule has 0 aliphatic rings. The van der Waals surface area contributed by atoms with Crippen molar-refractivity contribution in [1.29, 1.82) is 0 Å². The molecule has 6 nitrogen and oxygen atoms in total. The predicted octanol–water partition coefficient (Wildman–Crippen LogP) is 2.26. The van der Waals surface area contributed by atoms with Gasteiger partial charge in [-0.25, -0.2) is 0 Å². The van der Waals surface area contributed by atoms with E-state index in [4.69, 9.17) is 0 Å². The molecule has 6 heteroatoms. The molecule has 0 aliphatic carbocycles. The topological polar surface area (TPSA) is 86.5 Å². The minimum Gasteiger partial charge on any atom is -0.326 e. The Kier molecular flexibility index (Phi) is 2.98. The third-order valence-electron chi connectivity index (χ3n) is 3.31. The molecule has 3 rings (SSSR count). The van der Waals surface area contributed by atoms with E-state index in [9.17, 15) is 4.79 Å². The molecule has 20 heavy (non-hydrogen) atoms. The zero-order valence-electron chi connectivity index (χ0n) is 11.3. The van der Waals surface area contributed by atoms with E-state index < -0.39 is 0 Å². The summed E-state index contributed by atoms with van der Waals surface area (Å²) in [4.78, 5) is 18.8. The van der Waals surface area contributed by atoms with Crippen LogP contribution in [0.3, 0.4) is 0 Å². The molecule has 3 N–H and O–H groups in total. The second kappa shape index (κ2) is 4.80. The van der Waals surface area contributed by atoms with Gasteiger partial charge in [0.15, 0.2) is 5.65 Å². The Balaban J connectivity index is 1.98. The molecule has 0 bridgehead atoms. The maximum Gasteiger partial charge on any atom is 0.263 e. The van der Waals surface area contributed by atoms with Gasteiger partial charge in [0.05, 0.1) is 6.20 Å². The predicted molar refractivity (Wildman–Crippen MR) is 78.3 cm³/mol. The van der Waals surface area contributed by atoms with Crippen molar-refractivity contribution in [1.82, 2.24) is 20.2 Å². The largest absolute Gasteiger partial charge is 0.326 e. The number of hydrogen-bond acceptors (Lipinski definition) is 4. The van der Waals surface area contributed by atoms with Crippen LogP contribution in [-0.4, -0.2) is 20.2 Å². The quantitative estimate of drug-likeness (QED) is 0.680. The summed E-state index contributed by atoms with van der Waals surface area (Å²) in [6.45, 7) is 4.20. The highest BCUT2D eigenvalue weighted by molar-refractivity contribution is 5.74. The van der Waals surface area contributed by atoms with E-state index in [1.165, 1.54) is 17.3 Å². The molecule has 0 amide bonds. The molecule has 0 unspecified atom stereocenters. The van der Waals surface area contributed by atoms with Gasteiger partial charge < -0.3 is 5.32 Å². The van der Waals surface area contributed by atoms with Gasteiger partial charge in [0, 0.05) is 5.69 Å². The first kappa shape index (κ1) is 12.4. The van der Waals surface area contributed by atoms with Gasteiger partial charge in [-0.15, -0.1) is 0 Å². The van der Waals surface area contributed by atoms with Crippen molar-refractivity contribution in [2.24, 2.45) is 0 Å². The number of anilines is 2. The molecule has 102 valence electrons. The molecule has 0 aliphatic heterocycles. The molecule has 2 heterocycles. The average Bonchev–Trinajstić information content (AvgIpc) is 2.90. The zero-order chi connectivity index (χ0) is 14.1. The summed E-state index contributed by atoms with van der Waals surface area (Å²) in [6.07, 6.45) is 2.43. The van der Waals surface area contributed by atoms with Gasteiger partial charge in [-0.05, 0) is 36.6 Å². The summed E-state index contributed by atoms with van der Waals surface area (Å²) in [6, 6.07) is 6.08. The molecule has 1 aromatic carbocycles. The second-order valence-corrected chi connectivity index (χ2v) is 4.67. The lowest BCUT2D eigenvalue weighted by Crippen LogP contribution is -2.10. The van der Waals surface area contributed by atoms with Crippen LogP contribution in [0, 0.1) is 6.92 Å². The number of aromatic nitrogens is 4. The van der Waals surface area contributed by atoms with Crippen LogP contribution < -0.4 is 10.9 Å². The number of aromatic amines is 2. The van der Waals surface area contributed by atoms with Gasteiger partial charge in [0.25, 0.3) is 5.56 Å². The minimum atomic E-state index is -0.214. The Bertz CT molecular complexity index is 818. The fraction of sp³-hybridized carbons (Fsp3) is 0.214. The van der Waals surface area contributed by atoms with E-state index in [-0.39, 0.29) is 5.56 Å². The van der Waals surface area contributed by atoms with Crippen molar-refractivity contribution in [3.63, 3.8) is 0 Å².